The summed E-state index contributed by atoms with van der Waals surface area (Å²) in [4.78, 5) is 17.5. The molecule has 1 amide bonds. The van der Waals surface area contributed by atoms with E-state index in [0.29, 0.717) is 0 Å². The first kappa shape index (κ1) is 9.79. The number of carbonyl (C=O) groups excluding carboxylic acids is 1. The predicted octanol–water partition coefficient (Wildman–Crippen LogP) is 1.33. The third-order valence-corrected chi connectivity index (χ3v) is 1.29. The fourth-order valence-electron chi connectivity index (χ4n) is 0.583. The van der Waals surface area contributed by atoms with Crippen LogP contribution in [0, 0.1) is 0 Å². The second kappa shape index (κ2) is 4.08. The van der Waals surface area contributed by atoms with Gasteiger partial charge in [0.05, 0.1) is 0 Å². The van der Waals surface area contributed by atoms with Crippen LogP contribution in [0.5, 0.6) is 0 Å². The molecule has 7 heteroatoms. The maximum atomic E-state index is 11.7. The number of hydrogen-bond acceptors (Lipinski definition) is 3. The van der Waals surface area contributed by atoms with Crippen LogP contribution in [0.3, 0.4) is 0 Å². The van der Waals surface area contributed by atoms with Crippen LogP contribution < -0.4 is 5.32 Å². The van der Waals surface area contributed by atoms with Crippen LogP contribution in [0.25, 0.3) is 0 Å². The van der Waals surface area contributed by atoms with Crippen molar-refractivity contribution in [2.24, 2.45) is 0 Å². The quantitative estimate of drug-likeness (QED) is 0.745. The van der Waals surface area contributed by atoms with Crippen LogP contribution in [0.4, 0.5) is 14.6 Å². The number of halogens is 3. The molecule has 0 fully saturated rings. The molecule has 0 aliphatic carbocycles. The molecular weight excluding hydrogens is 204 g/mol. The van der Waals surface area contributed by atoms with Gasteiger partial charge in [-0.05, 0) is 0 Å². The van der Waals surface area contributed by atoms with Gasteiger partial charge < -0.3 is 5.32 Å². The van der Waals surface area contributed by atoms with Crippen molar-refractivity contribution < 1.29 is 13.6 Å². The Bertz CT molecular complexity index is 321. The second-order valence-corrected chi connectivity index (χ2v) is 2.40. The summed E-state index contributed by atoms with van der Waals surface area (Å²) in [7, 11) is 0. The highest BCUT2D eigenvalue weighted by molar-refractivity contribution is 6.29. The lowest BCUT2D eigenvalue weighted by Crippen LogP contribution is -2.20. The topological polar surface area (TPSA) is 54.9 Å². The number of anilines is 1. The molecule has 1 aromatic heterocycles. The number of amides is 1. The number of carbonyl (C=O) groups is 1. The number of rotatable bonds is 2. The Morgan fingerprint density at radius 3 is 2.77 bits per heavy atom. The minimum atomic E-state index is -3.08. The van der Waals surface area contributed by atoms with E-state index in [1.165, 1.54) is 6.07 Å². The molecule has 0 saturated carbocycles. The van der Waals surface area contributed by atoms with Crippen LogP contribution in [0.15, 0.2) is 12.4 Å². The largest absolute Gasteiger partial charge is 0.315 e. The third kappa shape index (κ3) is 2.90. The Morgan fingerprint density at radius 2 is 2.23 bits per heavy atom. The highest BCUT2D eigenvalue weighted by Crippen LogP contribution is 2.09. The fraction of sp³-hybridized carbons (Fsp3) is 0.167. The lowest BCUT2D eigenvalue weighted by atomic mass is 10.5. The van der Waals surface area contributed by atoms with Gasteiger partial charge in [-0.15, -0.1) is 0 Å². The first-order valence-electron chi connectivity index (χ1n) is 3.16. The van der Waals surface area contributed by atoms with Gasteiger partial charge in [0.15, 0.2) is 0 Å². The fourth-order valence-corrected chi connectivity index (χ4v) is 0.730. The molecule has 0 bridgehead atoms. The highest BCUT2D eigenvalue weighted by atomic mass is 35.5. The lowest BCUT2D eigenvalue weighted by molar-refractivity contribution is -0.126. The summed E-state index contributed by atoms with van der Waals surface area (Å²) in [5, 5.41) is 1.93. The Labute approximate surface area is 76.9 Å². The average Bonchev–Trinajstić information content (AvgIpc) is 2.04. The van der Waals surface area contributed by atoms with Crippen molar-refractivity contribution in [2.45, 2.75) is 6.43 Å². The SMILES string of the molecule is O=C(Nc1cc(Cl)ncn1)C(F)F. The van der Waals surface area contributed by atoms with Crippen molar-refractivity contribution >= 4 is 23.3 Å². The molecule has 0 atom stereocenters. The van der Waals surface area contributed by atoms with E-state index in [2.05, 4.69) is 9.97 Å². The molecule has 1 aromatic rings. The van der Waals surface area contributed by atoms with Crippen molar-refractivity contribution in [3.8, 4) is 0 Å². The first-order valence-corrected chi connectivity index (χ1v) is 3.54. The number of alkyl halides is 2. The van der Waals surface area contributed by atoms with Crippen molar-refractivity contribution in [3.05, 3.63) is 17.5 Å². The number of aromatic nitrogens is 2. The van der Waals surface area contributed by atoms with Crippen LogP contribution in [0.1, 0.15) is 0 Å². The Morgan fingerprint density at radius 1 is 1.54 bits per heavy atom. The monoisotopic (exact) mass is 207 g/mol. The minimum absolute atomic E-state index is 0.0506. The highest BCUT2D eigenvalue weighted by Gasteiger charge is 2.15. The van der Waals surface area contributed by atoms with Gasteiger partial charge in [0.1, 0.15) is 17.3 Å². The zero-order valence-corrected chi connectivity index (χ0v) is 6.92. The molecule has 0 radical (unpaired) electrons. The Kier molecular flexibility index (Phi) is 3.07. The van der Waals surface area contributed by atoms with Gasteiger partial charge in [0, 0.05) is 6.07 Å². The smallest absolute Gasteiger partial charge is 0.306 e. The van der Waals surface area contributed by atoms with E-state index in [1.807, 2.05) is 5.32 Å². The summed E-state index contributed by atoms with van der Waals surface area (Å²) in [6.07, 6.45) is -2.02. The summed E-state index contributed by atoms with van der Waals surface area (Å²) in [6, 6.07) is 1.17. The standard InChI is InChI=1S/C6H4ClF2N3O/c7-3-1-4(11-2-10-3)12-6(13)5(8)9/h1-2,5H,(H,10,11,12,13). The number of hydrogen-bond donors (Lipinski definition) is 1. The average molecular weight is 208 g/mol. The summed E-state index contributed by atoms with van der Waals surface area (Å²) in [5.41, 5.74) is 0. The Balaban J connectivity index is 2.69. The van der Waals surface area contributed by atoms with Crippen molar-refractivity contribution in [2.75, 3.05) is 5.32 Å². The molecule has 0 aliphatic heterocycles. The summed E-state index contributed by atoms with van der Waals surface area (Å²) in [6.45, 7) is 0. The number of nitrogens with zero attached hydrogens (tertiary/aromatic N) is 2. The normalized spacial score (nSPS) is 10.2. The van der Waals surface area contributed by atoms with Crippen LogP contribution in [-0.4, -0.2) is 22.3 Å². The lowest BCUT2D eigenvalue weighted by Gasteiger charge is -2.01. The molecule has 0 aromatic carbocycles. The maximum absolute atomic E-state index is 11.7. The molecule has 0 aliphatic rings. The van der Waals surface area contributed by atoms with Gasteiger partial charge in [0.25, 0.3) is 5.91 Å². The molecule has 1 N–H and O–H groups in total. The summed E-state index contributed by atoms with van der Waals surface area (Å²) < 4.78 is 23.5. The van der Waals surface area contributed by atoms with Crippen molar-refractivity contribution in [1.29, 1.82) is 0 Å². The second-order valence-electron chi connectivity index (χ2n) is 2.02. The first-order chi connectivity index (χ1) is 6.09. The zero-order chi connectivity index (χ0) is 9.84. The number of nitrogens with one attached hydrogen (secondary N) is 1. The van der Waals surface area contributed by atoms with Crippen molar-refractivity contribution in [1.82, 2.24) is 9.97 Å². The molecular formula is C6H4ClF2N3O. The Hall–Kier alpha value is -1.30. The summed E-state index contributed by atoms with van der Waals surface area (Å²) >= 11 is 5.42. The maximum Gasteiger partial charge on any atom is 0.315 e. The van der Waals surface area contributed by atoms with E-state index in [0.717, 1.165) is 6.33 Å². The van der Waals surface area contributed by atoms with E-state index in [-0.39, 0.29) is 11.0 Å². The predicted molar refractivity (Wildman–Crippen MR) is 41.7 cm³/mol. The van der Waals surface area contributed by atoms with E-state index in [9.17, 15) is 13.6 Å². The van der Waals surface area contributed by atoms with Crippen LogP contribution >= 0.6 is 11.6 Å². The summed E-state index contributed by atoms with van der Waals surface area (Å²) in [5.74, 6) is -1.47. The van der Waals surface area contributed by atoms with Gasteiger partial charge in [0.2, 0.25) is 0 Å². The molecule has 0 saturated heterocycles. The molecule has 0 unspecified atom stereocenters. The molecule has 13 heavy (non-hydrogen) atoms. The molecule has 1 rings (SSSR count). The van der Waals surface area contributed by atoms with E-state index in [4.69, 9.17) is 11.6 Å². The molecule has 1 heterocycles. The minimum Gasteiger partial charge on any atom is -0.306 e. The van der Waals surface area contributed by atoms with Crippen LogP contribution in [0.2, 0.25) is 5.15 Å². The molecule has 0 spiro atoms. The molecule has 4 nitrogen and oxygen atoms in total. The zero-order valence-electron chi connectivity index (χ0n) is 6.17. The van der Waals surface area contributed by atoms with E-state index >= 15 is 0 Å². The third-order valence-electron chi connectivity index (χ3n) is 1.08. The van der Waals surface area contributed by atoms with Crippen molar-refractivity contribution in [3.63, 3.8) is 0 Å². The molecule has 70 valence electrons. The van der Waals surface area contributed by atoms with E-state index in [1.54, 1.807) is 0 Å². The van der Waals surface area contributed by atoms with Crippen LogP contribution in [-0.2, 0) is 4.79 Å². The van der Waals surface area contributed by atoms with Gasteiger partial charge in [-0.2, -0.15) is 8.78 Å². The van der Waals surface area contributed by atoms with Gasteiger partial charge in [-0.1, -0.05) is 11.6 Å². The van der Waals surface area contributed by atoms with Gasteiger partial charge >= 0.3 is 6.43 Å². The van der Waals surface area contributed by atoms with E-state index < -0.39 is 12.3 Å². The van der Waals surface area contributed by atoms with Gasteiger partial charge in [-0.3, -0.25) is 4.79 Å². The van der Waals surface area contributed by atoms with Gasteiger partial charge in [-0.25, -0.2) is 9.97 Å².